The highest BCUT2D eigenvalue weighted by molar-refractivity contribution is 5.74. The lowest BCUT2D eigenvalue weighted by atomic mass is 9.70. The van der Waals surface area contributed by atoms with Gasteiger partial charge in [-0.1, -0.05) is 36.3 Å². The second kappa shape index (κ2) is 8.32. The van der Waals surface area contributed by atoms with Crippen LogP contribution in [0.4, 0.5) is 8.78 Å². The van der Waals surface area contributed by atoms with Gasteiger partial charge in [-0.15, -0.1) is 0 Å². The Morgan fingerprint density at radius 3 is 2.55 bits per heavy atom. The van der Waals surface area contributed by atoms with E-state index in [9.17, 15) is 9.18 Å². The third kappa shape index (κ3) is 5.63. The third-order valence-electron chi connectivity index (χ3n) is 4.96. The Kier molecular flexibility index (Phi) is 6.02. The first-order chi connectivity index (χ1) is 13.7. The summed E-state index contributed by atoms with van der Waals surface area (Å²) >= 11 is 0. The zero-order valence-corrected chi connectivity index (χ0v) is 16.9. The maximum atomic E-state index is 15.6. The molecule has 29 heavy (non-hydrogen) atoms. The highest BCUT2D eigenvalue weighted by Crippen LogP contribution is 2.45. The Bertz CT molecular complexity index is 910. The number of carbonyl (C=O) groups excluding carboxylic acids is 1. The summed E-state index contributed by atoms with van der Waals surface area (Å²) in [5.74, 6) is 3.88. The molecule has 1 aliphatic carbocycles. The number of pyridine rings is 1. The number of hydrogen-bond donors (Lipinski definition) is 0. The monoisotopic (exact) mass is 397 g/mol. The molecular weight excluding hydrogens is 372 g/mol. The second-order valence-electron chi connectivity index (χ2n) is 8.48. The van der Waals surface area contributed by atoms with Gasteiger partial charge in [0.15, 0.2) is 5.67 Å². The van der Waals surface area contributed by atoms with E-state index in [2.05, 4.69) is 16.8 Å². The zero-order valence-electron chi connectivity index (χ0n) is 16.9. The SMILES string of the molecule is CC(C)(C)OC(=O)[C@@H]1CC[C@](F)(C#Cc2ccc(F)cn2)C[C@H]1c1ccccc1. The van der Waals surface area contributed by atoms with Crippen LogP contribution in [0.15, 0.2) is 48.7 Å². The molecule has 1 aromatic heterocycles. The summed E-state index contributed by atoms with van der Waals surface area (Å²) in [6.45, 7) is 5.48. The van der Waals surface area contributed by atoms with Crippen molar-refractivity contribution in [2.24, 2.45) is 5.92 Å². The van der Waals surface area contributed by atoms with E-state index in [1.54, 1.807) is 0 Å². The van der Waals surface area contributed by atoms with Gasteiger partial charge in [0.25, 0.3) is 0 Å². The van der Waals surface area contributed by atoms with Crippen molar-refractivity contribution in [1.29, 1.82) is 0 Å². The predicted molar refractivity (Wildman–Crippen MR) is 107 cm³/mol. The van der Waals surface area contributed by atoms with Gasteiger partial charge < -0.3 is 4.74 Å². The van der Waals surface area contributed by atoms with Gasteiger partial charge in [-0.2, -0.15) is 0 Å². The molecule has 3 rings (SSSR count). The molecule has 0 radical (unpaired) electrons. The van der Waals surface area contributed by atoms with E-state index in [4.69, 9.17) is 4.74 Å². The van der Waals surface area contributed by atoms with Gasteiger partial charge in [-0.3, -0.25) is 4.79 Å². The number of carbonyl (C=O) groups is 1. The van der Waals surface area contributed by atoms with E-state index < -0.39 is 23.0 Å². The van der Waals surface area contributed by atoms with E-state index in [-0.39, 0.29) is 24.7 Å². The van der Waals surface area contributed by atoms with Gasteiger partial charge in [-0.05, 0) is 57.2 Å². The topological polar surface area (TPSA) is 39.2 Å². The predicted octanol–water partition coefficient (Wildman–Crippen LogP) is 5.21. The fourth-order valence-electron chi connectivity index (χ4n) is 3.63. The maximum absolute atomic E-state index is 15.6. The van der Waals surface area contributed by atoms with E-state index in [0.29, 0.717) is 12.1 Å². The van der Waals surface area contributed by atoms with Gasteiger partial charge in [-0.25, -0.2) is 13.8 Å². The Labute approximate surface area is 170 Å². The van der Waals surface area contributed by atoms with E-state index >= 15 is 4.39 Å². The molecule has 0 bridgehead atoms. The van der Waals surface area contributed by atoms with Crippen LogP contribution in [0.5, 0.6) is 0 Å². The Balaban J connectivity index is 1.86. The highest BCUT2D eigenvalue weighted by Gasteiger charge is 2.45. The average Bonchev–Trinajstić information content (AvgIpc) is 2.67. The molecule has 0 unspecified atom stereocenters. The molecule has 1 aromatic carbocycles. The summed E-state index contributed by atoms with van der Waals surface area (Å²) in [4.78, 5) is 16.7. The standard InChI is InChI=1S/C24H25F2NO2/c1-23(2,3)29-22(28)20-12-14-24(26,13-11-19-10-9-18(25)16-27-19)15-21(20)17-7-5-4-6-8-17/h4-10,16,20-21H,12,14-15H2,1-3H3/t20-,21+,24-/m1/s1. The van der Waals surface area contributed by atoms with Gasteiger partial charge in [0.1, 0.15) is 17.1 Å². The molecule has 3 nitrogen and oxygen atoms in total. The molecule has 5 heteroatoms. The minimum Gasteiger partial charge on any atom is -0.460 e. The molecule has 2 aromatic rings. The number of esters is 1. The molecule has 0 amide bonds. The lowest BCUT2D eigenvalue weighted by Gasteiger charge is -2.37. The Hall–Kier alpha value is -2.74. The van der Waals surface area contributed by atoms with Crippen LogP contribution in [0, 0.1) is 23.6 Å². The number of benzene rings is 1. The molecule has 0 aliphatic heterocycles. The second-order valence-corrected chi connectivity index (χ2v) is 8.48. The molecule has 0 saturated heterocycles. The summed E-state index contributed by atoms with van der Waals surface area (Å²) in [7, 11) is 0. The van der Waals surface area contributed by atoms with E-state index in [0.717, 1.165) is 11.8 Å². The van der Waals surface area contributed by atoms with Gasteiger partial charge in [0.05, 0.1) is 12.1 Å². The highest BCUT2D eigenvalue weighted by atomic mass is 19.1. The summed E-state index contributed by atoms with van der Waals surface area (Å²) in [5.41, 5.74) is -1.15. The van der Waals surface area contributed by atoms with Crippen LogP contribution in [0.1, 0.15) is 57.2 Å². The van der Waals surface area contributed by atoms with Crippen molar-refractivity contribution in [3.63, 3.8) is 0 Å². The third-order valence-corrected chi connectivity index (χ3v) is 4.96. The first kappa shape index (κ1) is 21.0. The van der Waals surface area contributed by atoms with Crippen LogP contribution in [0.2, 0.25) is 0 Å². The Morgan fingerprint density at radius 1 is 1.21 bits per heavy atom. The van der Waals surface area contributed by atoms with Crippen LogP contribution in [0.25, 0.3) is 0 Å². The number of nitrogens with zero attached hydrogens (tertiary/aromatic N) is 1. The quantitative estimate of drug-likeness (QED) is 0.516. The van der Waals surface area contributed by atoms with Crippen molar-refractivity contribution in [3.05, 3.63) is 65.7 Å². The zero-order chi connectivity index (χ0) is 21.1. The molecular formula is C24H25F2NO2. The maximum Gasteiger partial charge on any atom is 0.310 e. The van der Waals surface area contributed by atoms with Crippen LogP contribution >= 0.6 is 0 Å². The first-order valence-electron chi connectivity index (χ1n) is 9.77. The van der Waals surface area contributed by atoms with Crippen LogP contribution in [-0.2, 0) is 9.53 Å². The largest absolute Gasteiger partial charge is 0.460 e. The fraction of sp³-hybridized carbons (Fsp3) is 0.417. The van der Waals surface area contributed by atoms with Gasteiger partial charge in [0.2, 0.25) is 0 Å². The van der Waals surface area contributed by atoms with Crippen molar-refractivity contribution < 1.29 is 18.3 Å². The molecule has 0 N–H and O–H groups in total. The summed E-state index contributed by atoms with van der Waals surface area (Å²) in [5, 5.41) is 0. The Morgan fingerprint density at radius 2 is 1.93 bits per heavy atom. The van der Waals surface area contributed by atoms with E-state index in [1.165, 1.54) is 12.1 Å². The lowest BCUT2D eigenvalue weighted by molar-refractivity contribution is -0.162. The average molecular weight is 397 g/mol. The van der Waals surface area contributed by atoms with Gasteiger partial charge in [0, 0.05) is 12.3 Å². The summed E-state index contributed by atoms with van der Waals surface area (Å²) < 4.78 is 34.2. The van der Waals surface area contributed by atoms with Crippen molar-refractivity contribution in [2.45, 2.75) is 57.2 Å². The molecule has 1 fully saturated rings. The number of hydrogen-bond acceptors (Lipinski definition) is 3. The van der Waals surface area contributed by atoms with E-state index in [1.807, 2.05) is 51.1 Å². The molecule has 1 heterocycles. The van der Waals surface area contributed by atoms with Crippen LogP contribution < -0.4 is 0 Å². The van der Waals surface area contributed by atoms with Crippen molar-refractivity contribution in [1.82, 2.24) is 4.98 Å². The lowest BCUT2D eigenvalue weighted by Crippen LogP contribution is -2.39. The number of aromatic nitrogens is 1. The molecule has 152 valence electrons. The fourth-order valence-corrected chi connectivity index (χ4v) is 3.63. The van der Waals surface area contributed by atoms with Crippen molar-refractivity contribution in [3.8, 4) is 11.8 Å². The normalized spacial score (nSPS) is 24.3. The molecule has 1 saturated carbocycles. The van der Waals surface area contributed by atoms with Crippen LogP contribution in [0.3, 0.4) is 0 Å². The number of rotatable bonds is 2. The minimum atomic E-state index is -1.75. The summed E-state index contributed by atoms with van der Waals surface area (Å²) in [6.07, 6.45) is 1.63. The minimum absolute atomic E-state index is 0.0924. The van der Waals surface area contributed by atoms with Crippen molar-refractivity contribution >= 4 is 5.97 Å². The molecule has 3 atom stereocenters. The smallest absolute Gasteiger partial charge is 0.310 e. The summed E-state index contributed by atoms with van der Waals surface area (Å²) in [6, 6.07) is 12.1. The number of ether oxygens (including phenoxy) is 1. The number of alkyl halides is 1. The van der Waals surface area contributed by atoms with Gasteiger partial charge >= 0.3 is 5.97 Å². The molecule has 0 spiro atoms. The first-order valence-corrected chi connectivity index (χ1v) is 9.77. The van der Waals surface area contributed by atoms with Crippen molar-refractivity contribution in [2.75, 3.05) is 0 Å². The molecule has 1 aliphatic rings. The van der Waals surface area contributed by atoms with Crippen LogP contribution in [-0.4, -0.2) is 22.2 Å². The number of halogens is 2.